The number of rotatable bonds is 3. The van der Waals surface area contributed by atoms with Crippen LogP contribution in [-0.4, -0.2) is 6.67 Å². The van der Waals surface area contributed by atoms with E-state index in [0.29, 0.717) is 6.42 Å². The van der Waals surface area contributed by atoms with Crippen LogP contribution in [0.4, 0.5) is 4.39 Å². The lowest BCUT2D eigenvalue weighted by Gasteiger charge is -2.08. The van der Waals surface area contributed by atoms with E-state index in [1.54, 1.807) is 0 Å². The maximum Gasteiger partial charge on any atom is 0.0912 e. The molecule has 1 rings (SSSR count). The van der Waals surface area contributed by atoms with Gasteiger partial charge in [0.2, 0.25) is 0 Å². The minimum Gasteiger partial charge on any atom is -0.324 e. The van der Waals surface area contributed by atoms with Gasteiger partial charge in [-0.1, -0.05) is 30.3 Å². The molecule has 0 radical (unpaired) electrons. The van der Waals surface area contributed by atoms with Crippen LogP contribution in [0.5, 0.6) is 0 Å². The molecular formula is C9H13ClFN. The van der Waals surface area contributed by atoms with Gasteiger partial charge in [0.1, 0.15) is 0 Å². The molecule has 0 aromatic heterocycles. The SMILES string of the molecule is Cl.N[C@@H](CCF)c1ccccc1. The van der Waals surface area contributed by atoms with Gasteiger partial charge in [0.25, 0.3) is 0 Å². The molecule has 1 atom stereocenters. The lowest BCUT2D eigenvalue weighted by atomic mass is 10.1. The van der Waals surface area contributed by atoms with Gasteiger partial charge in [-0.25, -0.2) is 0 Å². The lowest BCUT2D eigenvalue weighted by Crippen LogP contribution is -2.10. The number of hydrogen-bond donors (Lipinski definition) is 1. The Morgan fingerprint density at radius 3 is 2.33 bits per heavy atom. The van der Waals surface area contributed by atoms with E-state index in [1.165, 1.54) is 0 Å². The zero-order valence-electron chi connectivity index (χ0n) is 6.74. The fourth-order valence-electron chi connectivity index (χ4n) is 0.984. The summed E-state index contributed by atoms with van der Waals surface area (Å²) >= 11 is 0. The van der Waals surface area contributed by atoms with Crippen LogP contribution >= 0.6 is 12.4 Å². The van der Waals surface area contributed by atoms with Gasteiger partial charge >= 0.3 is 0 Å². The van der Waals surface area contributed by atoms with Crippen LogP contribution in [0, 0.1) is 0 Å². The fraction of sp³-hybridized carbons (Fsp3) is 0.333. The van der Waals surface area contributed by atoms with Crippen LogP contribution in [0.1, 0.15) is 18.0 Å². The first-order chi connectivity index (χ1) is 5.34. The van der Waals surface area contributed by atoms with Crippen molar-refractivity contribution < 1.29 is 4.39 Å². The van der Waals surface area contributed by atoms with Crippen LogP contribution in [0.2, 0.25) is 0 Å². The predicted molar refractivity (Wildman–Crippen MR) is 51.2 cm³/mol. The smallest absolute Gasteiger partial charge is 0.0912 e. The third kappa shape index (κ3) is 3.20. The Balaban J connectivity index is 0.00000121. The van der Waals surface area contributed by atoms with Crippen LogP contribution < -0.4 is 5.73 Å². The molecule has 0 fully saturated rings. The third-order valence-corrected chi connectivity index (χ3v) is 1.65. The molecule has 68 valence electrons. The van der Waals surface area contributed by atoms with Crippen molar-refractivity contribution in [2.24, 2.45) is 5.73 Å². The quantitative estimate of drug-likeness (QED) is 0.777. The highest BCUT2D eigenvalue weighted by atomic mass is 35.5. The molecule has 1 aromatic rings. The van der Waals surface area contributed by atoms with Crippen LogP contribution in [0.3, 0.4) is 0 Å². The first-order valence-electron chi connectivity index (χ1n) is 3.71. The minimum atomic E-state index is -0.351. The van der Waals surface area contributed by atoms with E-state index in [-0.39, 0.29) is 25.1 Å². The van der Waals surface area contributed by atoms with Crippen molar-refractivity contribution in [2.45, 2.75) is 12.5 Å². The summed E-state index contributed by atoms with van der Waals surface area (Å²) < 4.78 is 11.8. The molecule has 0 unspecified atom stereocenters. The molecule has 0 bridgehead atoms. The summed E-state index contributed by atoms with van der Waals surface area (Å²) in [5.74, 6) is 0. The Morgan fingerprint density at radius 2 is 1.83 bits per heavy atom. The number of hydrogen-bond acceptors (Lipinski definition) is 1. The van der Waals surface area contributed by atoms with Gasteiger partial charge in [-0.2, -0.15) is 0 Å². The van der Waals surface area contributed by atoms with E-state index in [1.807, 2.05) is 30.3 Å². The van der Waals surface area contributed by atoms with Crippen LogP contribution in [-0.2, 0) is 0 Å². The molecule has 0 saturated heterocycles. The molecule has 0 amide bonds. The second-order valence-electron chi connectivity index (χ2n) is 2.49. The van der Waals surface area contributed by atoms with E-state index >= 15 is 0 Å². The summed E-state index contributed by atoms with van der Waals surface area (Å²) in [5.41, 5.74) is 6.67. The molecule has 1 nitrogen and oxygen atoms in total. The Labute approximate surface area is 78.2 Å². The average molecular weight is 190 g/mol. The summed E-state index contributed by atoms with van der Waals surface area (Å²) in [6, 6.07) is 9.42. The molecule has 0 spiro atoms. The normalized spacial score (nSPS) is 11.8. The number of nitrogens with two attached hydrogens (primary N) is 1. The van der Waals surface area contributed by atoms with E-state index in [9.17, 15) is 4.39 Å². The van der Waals surface area contributed by atoms with Crippen LogP contribution in [0.15, 0.2) is 30.3 Å². The summed E-state index contributed by atoms with van der Waals surface area (Å²) in [6.45, 7) is -0.351. The fourth-order valence-corrected chi connectivity index (χ4v) is 0.984. The van der Waals surface area contributed by atoms with Gasteiger partial charge in [-0.15, -0.1) is 12.4 Å². The Morgan fingerprint density at radius 1 is 1.25 bits per heavy atom. The number of benzene rings is 1. The molecule has 0 aliphatic carbocycles. The van der Waals surface area contributed by atoms with Gasteiger partial charge in [0.15, 0.2) is 0 Å². The Kier molecular flexibility index (Phi) is 5.68. The van der Waals surface area contributed by atoms with Crippen molar-refractivity contribution in [3.05, 3.63) is 35.9 Å². The van der Waals surface area contributed by atoms with Crippen molar-refractivity contribution >= 4 is 12.4 Å². The highest BCUT2D eigenvalue weighted by Crippen LogP contribution is 2.12. The van der Waals surface area contributed by atoms with Gasteiger partial charge in [-0.3, -0.25) is 4.39 Å². The van der Waals surface area contributed by atoms with Crippen molar-refractivity contribution in [2.75, 3.05) is 6.67 Å². The highest BCUT2D eigenvalue weighted by Gasteiger charge is 2.02. The van der Waals surface area contributed by atoms with E-state index in [4.69, 9.17) is 5.73 Å². The molecule has 12 heavy (non-hydrogen) atoms. The molecule has 3 heteroatoms. The van der Waals surface area contributed by atoms with Gasteiger partial charge in [0, 0.05) is 6.04 Å². The highest BCUT2D eigenvalue weighted by molar-refractivity contribution is 5.85. The topological polar surface area (TPSA) is 26.0 Å². The molecule has 0 aliphatic rings. The first-order valence-corrected chi connectivity index (χ1v) is 3.71. The molecule has 2 N–H and O–H groups in total. The van der Waals surface area contributed by atoms with Gasteiger partial charge in [0.05, 0.1) is 6.67 Å². The molecular weight excluding hydrogens is 177 g/mol. The van der Waals surface area contributed by atoms with Crippen LogP contribution in [0.25, 0.3) is 0 Å². The lowest BCUT2D eigenvalue weighted by molar-refractivity contribution is 0.442. The third-order valence-electron chi connectivity index (χ3n) is 1.65. The van der Waals surface area contributed by atoms with Crippen molar-refractivity contribution in [3.63, 3.8) is 0 Å². The van der Waals surface area contributed by atoms with Gasteiger partial charge in [-0.05, 0) is 12.0 Å². The molecule has 1 aromatic carbocycles. The zero-order chi connectivity index (χ0) is 8.10. The number of halogens is 2. The molecule has 0 aliphatic heterocycles. The standard InChI is InChI=1S/C9H12FN.ClH/c10-7-6-9(11)8-4-2-1-3-5-8;/h1-5,9H,6-7,11H2;1H/t9-;/m0./s1. The van der Waals surface area contributed by atoms with Gasteiger partial charge < -0.3 is 5.73 Å². The average Bonchev–Trinajstić information content (AvgIpc) is 2.07. The maximum atomic E-state index is 11.8. The Bertz CT molecular complexity index is 203. The largest absolute Gasteiger partial charge is 0.324 e. The van der Waals surface area contributed by atoms with Crippen molar-refractivity contribution in [1.82, 2.24) is 0 Å². The van der Waals surface area contributed by atoms with Crippen molar-refractivity contribution in [1.29, 1.82) is 0 Å². The van der Waals surface area contributed by atoms with E-state index in [0.717, 1.165) is 5.56 Å². The summed E-state index contributed by atoms with van der Waals surface area (Å²) in [6.07, 6.45) is 0.407. The monoisotopic (exact) mass is 189 g/mol. The summed E-state index contributed by atoms with van der Waals surface area (Å²) in [5, 5.41) is 0. The zero-order valence-corrected chi connectivity index (χ0v) is 7.56. The first kappa shape index (κ1) is 11.4. The maximum absolute atomic E-state index is 11.8. The molecule has 0 saturated carbocycles. The predicted octanol–water partition coefficient (Wildman–Crippen LogP) is 2.47. The number of alkyl halides is 1. The second kappa shape index (κ2) is 5.98. The summed E-state index contributed by atoms with van der Waals surface area (Å²) in [4.78, 5) is 0. The van der Waals surface area contributed by atoms with E-state index < -0.39 is 0 Å². The summed E-state index contributed by atoms with van der Waals surface area (Å²) in [7, 11) is 0. The van der Waals surface area contributed by atoms with E-state index in [2.05, 4.69) is 0 Å². The van der Waals surface area contributed by atoms with Crippen molar-refractivity contribution in [3.8, 4) is 0 Å². The minimum absolute atomic E-state index is 0. The Hall–Kier alpha value is -0.600. The second-order valence-corrected chi connectivity index (χ2v) is 2.49. The molecule has 0 heterocycles.